The lowest BCUT2D eigenvalue weighted by molar-refractivity contribution is 0.311. The number of pyridine rings is 1. The van der Waals surface area contributed by atoms with Crippen LogP contribution in [0.3, 0.4) is 0 Å². The molecule has 1 aromatic carbocycles. The summed E-state index contributed by atoms with van der Waals surface area (Å²) in [6.07, 6.45) is 2.15. The fraction of sp³-hybridized carbons (Fsp3) is 0.238. The van der Waals surface area contributed by atoms with E-state index in [1.807, 2.05) is 17.9 Å². The van der Waals surface area contributed by atoms with Gasteiger partial charge in [0, 0.05) is 31.3 Å². The van der Waals surface area contributed by atoms with Crippen molar-refractivity contribution in [2.45, 2.75) is 26.8 Å². The van der Waals surface area contributed by atoms with Crippen molar-refractivity contribution in [2.24, 2.45) is 11.5 Å². The zero-order chi connectivity index (χ0) is 21.1. The quantitative estimate of drug-likeness (QED) is 0.605. The number of allylic oxidation sites excluding steroid dienone is 3. The number of rotatable bonds is 4. The third-order valence-electron chi connectivity index (χ3n) is 4.95. The van der Waals surface area contributed by atoms with E-state index in [1.165, 1.54) is 6.20 Å². The number of hydrogen-bond donors (Lipinski definition) is 2. The predicted octanol–water partition coefficient (Wildman–Crippen LogP) is 3.46. The van der Waals surface area contributed by atoms with Gasteiger partial charge in [0.15, 0.2) is 11.6 Å². The number of halogens is 2. The van der Waals surface area contributed by atoms with Crippen LogP contribution >= 0.6 is 0 Å². The Balaban J connectivity index is 1.85. The normalized spacial score (nSPS) is 15.1. The molecule has 3 rings (SSSR count). The van der Waals surface area contributed by atoms with E-state index in [0.29, 0.717) is 36.7 Å². The fourth-order valence-corrected chi connectivity index (χ4v) is 3.06. The molecule has 6 nitrogen and oxygen atoms in total. The molecule has 29 heavy (non-hydrogen) atoms. The molecule has 0 amide bonds. The molecule has 0 saturated heterocycles. The molecular weight excluding hydrogens is 376 g/mol. The summed E-state index contributed by atoms with van der Waals surface area (Å²) in [4.78, 5) is 6.34. The summed E-state index contributed by atoms with van der Waals surface area (Å²) >= 11 is 0. The van der Waals surface area contributed by atoms with Gasteiger partial charge < -0.3 is 21.1 Å². The van der Waals surface area contributed by atoms with Gasteiger partial charge in [-0.25, -0.2) is 8.78 Å². The molecule has 0 fully saturated rings. The first-order chi connectivity index (χ1) is 13.8. The van der Waals surface area contributed by atoms with Gasteiger partial charge in [-0.15, -0.1) is 0 Å². The zero-order valence-electron chi connectivity index (χ0n) is 16.2. The van der Waals surface area contributed by atoms with Crippen molar-refractivity contribution < 1.29 is 13.5 Å². The molecule has 1 aliphatic rings. The maximum absolute atomic E-state index is 13.8. The topological polar surface area (TPSA) is 101 Å². The smallest absolute Gasteiger partial charge is 0.166 e. The number of ether oxygens (including phenoxy) is 1. The average molecular weight is 397 g/mol. The first kappa shape index (κ1) is 20.1. The van der Waals surface area contributed by atoms with E-state index in [1.54, 1.807) is 13.0 Å². The minimum atomic E-state index is -0.661. The van der Waals surface area contributed by atoms with Crippen LogP contribution in [-0.4, -0.2) is 16.4 Å². The van der Waals surface area contributed by atoms with Crippen LogP contribution in [0.5, 0.6) is 11.5 Å². The molecule has 2 aromatic rings. The molecule has 0 bridgehead atoms. The van der Waals surface area contributed by atoms with Crippen LogP contribution in [0.2, 0.25) is 0 Å². The third kappa shape index (κ3) is 4.29. The minimum Gasteiger partial charge on any atom is -0.453 e. The summed E-state index contributed by atoms with van der Waals surface area (Å²) in [5.41, 5.74) is 15.3. The molecule has 0 radical (unpaired) electrons. The van der Waals surface area contributed by atoms with Gasteiger partial charge in [-0.1, -0.05) is 0 Å². The SMILES string of the molecule is CC(=C(/N)C#N)/C(C)=C(\N)N1CCc2ncc(Oc3cc(F)ccc3F)cc2C1. The molecule has 0 saturated carbocycles. The Bertz CT molecular complexity index is 1060. The van der Waals surface area contributed by atoms with Gasteiger partial charge in [0.1, 0.15) is 29.2 Å². The molecule has 0 unspecified atom stereocenters. The second-order valence-corrected chi connectivity index (χ2v) is 6.79. The summed E-state index contributed by atoms with van der Waals surface area (Å²) in [6.45, 7) is 4.68. The van der Waals surface area contributed by atoms with Crippen LogP contribution in [0.15, 0.2) is 53.1 Å². The molecule has 0 atom stereocenters. The number of aromatic nitrogens is 1. The fourth-order valence-electron chi connectivity index (χ4n) is 3.06. The van der Waals surface area contributed by atoms with Gasteiger partial charge >= 0.3 is 0 Å². The minimum absolute atomic E-state index is 0.123. The van der Waals surface area contributed by atoms with Crippen molar-refractivity contribution in [1.82, 2.24) is 9.88 Å². The number of nitrogens with zero attached hydrogens (tertiary/aromatic N) is 3. The van der Waals surface area contributed by atoms with Gasteiger partial charge in [-0.3, -0.25) is 4.98 Å². The lowest BCUT2D eigenvalue weighted by atomic mass is 10.0. The molecule has 8 heteroatoms. The number of fused-ring (bicyclic) bond motifs is 1. The number of nitriles is 1. The summed E-state index contributed by atoms with van der Waals surface area (Å²) < 4.78 is 32.7. The molecule has 1 aromatic heterocycles. The molecule has 4 N–H and O–H groups in total. The summed E-state index contributed by atoms with van der Waals surface area (Å²) in [5.74, 6) is -0.631. The highest BCUT2D eigenvalue weighted by Crippen LogP contribution is 2.29. The van der Waals surface area contributed by atoms with Crippen molar-refractivity contribution in [1.29, 1.82) is 5.26 Å². The first-order valence-corrected chi connectivity index (χ1v) is 8.99. The largest absolute Gasteiger partial charge is 0.453 e. The standard InChI is InChI=1S/C21H21F2N5O/c1-12(18(25)9-24)13(2)21(26)28-6-5-19-14(11-28)7-16(10-27-19)29-20-8-15(22)3-4-17(20)23/h3-4,7-8,10H,5-6,11,25-26H2,1-2H3/b18-12-,21-13+. The maximum atomic E-state index is 13.8. The molecule has 150 valence electrons. The first-order valence-electron chi connectivity index (χ1n) is 8.99. The lowest BCUT2D eigenvalue weighted by Gasteiger charge is -2.31. The molecule has 2 heterocycles. The molecular formula is C21H21F2N5O. The van der Waals surface area contributed by atoms with Gasteiger partial charge in [0.25, 0.3) is 0 Å². The number of benzene rings is 1. The van der Waals surface area contributed by atoms with Crippen molar-refractivity contribution in [3.05, 3.63) is 76.0 Å². The summed E-state index contributed by atoms with van der Waals surface area (Å²) in [5, 5.41) is 8.98. The Morgan fingerprint density at radius 3 is 2.69 bits per heavy atom. The summed E-state index contributed by atoms with van der Waals surface area (Å²) in [6, 6.07) is 6.69. The highest BCUT2D eigenvalue weighted by atomic mass is 19.1. The monoisotopic (exact) mass is 397 g/mol. The van der Waals surface area contributed by atoms with Crippen molar-refractivity contribution >= 4 is 0 Å². The van der Waals surface area contributed by atoms with Crippen molar-refractivity contribution in [2.75, 3.05) is 6.54 Å². The number of nitrogens with two attached hydrogens (primary N) is 2. The van der Waals surface area contributed by atoms with E-state index < -0.39 is 11.6 Å². The Kier molecular flexibility index (Phi) is 5.69. The zero-order valence-corrected chi connectivity index (χ0v) is 16.2. The highest BCUT2D eigenvalue weighted by Gasteiger charge is 2.21. The maximum Gasteiger partial charge on any atom is 0.166 e. The molecule has 1 aliphatic heterocycles. The Hall–Kier alpha value is -3.60. The molecule has 0 aliphatic carbocycles. The van der Waals surface area contributed by atoms with E-state index in [4.69, 9.17) is 21.5 Å². The average Bonchev–Trinajstić information content (AvgIpc) is 2.73. The van der Waals surface area contributed by atoms with Gasteiger partial charge in [0.05, 0.1) is 6.20 Å². The highest BCUT2D eigenvalue weighted by molar-refractivity contribution is 5.40. The number of hydrogen-bond acceptors (Lipinski definition) is 6. The van der Waals surface area contributed by atoms with Crippen molar-refractivity contribution in [3.8, 4) is 17.6 Å². The van der Waals surface area contributed by atoms with Crippen LogP contribution in [0.4, 0.5) is 8.78 Å². The van der Waals surface area contributed by atoms with Crippen LogP contribution < -0.4 is 16.2 Å². The van der Waals surface area contributed by atoms with Gasteiger partial charge in [-0.2, -0.15) is 5.26 Å². The van der Waals surface area contributed by atoms with E-state index in [9.17, 15) is 8.78 Å². The second-order valence-electron chi connectivity index (χ2n) is 6.79. The Morgan fingerprint density at radius 1 is 1.21 bits per heavy atom. The summed E-state index contributed by atoms with van der Waals surface area (Å²) in [7, 11) is 0. The Labute approximate surface area is 167 Å². The Morgan fingerprint density at radius 2 is 1.97 bits per heavy atom. The van der Waals surface area contributed by atoms with E-state index in [0.717, 1.165) is 35.0 Å². The second kappa shape index (κ2) is 8.19. The predicted molar refractivity (Wildman–Crippen MR) is 104 cm³/mol. The lowest BCUT2D eigenvalue weighted by Crippen LogP contribution is -2.34. The van der Waals surface area contributed by atoms with Gasteiger partial charge in [0.2, 0.25) is 0 Å². The van der Waals surface area contributed by atoms with Crippen LogP contribution in [-0.2, 0) is 13.0 Å². The van der Waals surface area contributed by atoms with Gasteiger partial charge in [-0.05, 0) is 48.8 Å². The van der Waals surface area contributed by atoms with Crippen molar-refractivity contribution in [3.63, 3.8) is 0 Å². The van der Waals surface area contributed by atoms with E-state index >= 15 is 0 Å². The third-order valence-corrected chi connectivity index (χ3v) is 4.95. The van der Waals surface area contributed by atoms with E-state index in [-0.39, 0.29) is 11.4 Å². The van der Waals surface area contributed by atoms with Crippen LogP contribution in [0.1, 0.15) is 25.1 Å². The molecule has 0 spiro atoms. The van der Waals surface area contributed by atoms with Crippen LogP contribution in [0, 0.1) is 23.0 Å². The van der Waals surface area contributed by atoms with Crippen LogP contribution in [0.25, 0.3) is 0 Å². The van der Waals surface area contributed by atoms with E-state index in [2.05, 4.69) is 4.98 Å².